The summed E-state index contributed by atoms with van der Waals surface area (Å²) in [6.07, 6.45) is 0.195. The minimum atomic E-state index is -0.307. The number of hydrogen-bond acceptors (Lipinski definition) is 3. The molecule has 0 atom stereocenters. The number of benzene rings is 2. The van der Waals surface area contributed by atoms with Gasteiger partial charge in [0.15, 0.2) is 0 Å². The summed E-state index contributed by atoms with van der Waals surface area (Å²) in [6.45, 7) is 10.0. The monoisotopic (exact) mass is 411 g/mol. The van der Waals surface area contributed by atoms with E-state index in [4.69, 9.17) is 4.74 Å². The number of aromatic amines is 1. The van der Waals surface area contributed by atoms with Crippen LogP contribution in [0.15, 0.2) is 42.5 Å². The standard InChI is InChI=1S/C24H30FN3O2/c1-4-28(5-2)12-13-30-23-9-7-6-8-18(23)16-26-24(29)15-20-17(3)27-22-11-10-19(25)14-21(20)22/h6-11,14,27H,4-5,12-13,15-16H2,1-3H3,(H,26,29). The summed E-state index contributed by atoms with van der Waals surface area (Å²) in [7, 11) is 0. The smallest absolute Gasteiger partial charge is 0.224 e. The van der Waals surface area contributed by atoms with E-state index in [1.165, 1.54) is 12.1 Å². The first kappa shape index (κ1) is 21.8. The van der Waals surface area contributed by atoms with Gasteiger partial charge >= 0.3 is 0 Å². The molecule has 1 amide bonds. The van der Waals surface area contributed by atoms with Crippen LogP contribution >= 0.6 is 0 Å². The molecule has 0 aliphatic rings. The fourth-order valence-electron chi connectivity index (χ4n) is 3.61. The van der Waals surface area contributed by atoms with Crippen molar-refractivity contribution in [3.05, 3.63) is 65.1 Å². The average Bonchev–Trinajstić information content (AvgIpc) is 3.05. The van der Waals surface area contributed by atoms with Crippen molar-refractivity contribution in [3.63, 3.8) is 0 Å². The second-order valence-corrected chi connectivity index (χ2v) is 7.36. The lowest BCUT2D eigenvalue weighted by Crippen LogP contribution is -2.28. The van der Waals surface area contributed by atoms with Gasteiger partial charge in [-0.05, 0) is 49.8 Å². The summed E-state index contributed by atoms with van der Waals surface area (Å²) < 4.78 is 19.6. The van der Waals surface area contributed by atoms with Crippen molar-refractivity contribution in [3.8, 4) is 5.75 Å². The highest BCUT2D eigenvalue weighted by Crippen LogP contribution is 2.24. The number of carbonyl (C=O) groups is 1. The van der Waals surface area contributed by atoms with E-state index in [0.29, 0.717) is 13.2 Å². The van der Waals surface area contributed by atoms with Crippen LogP contribution in [0.2, 0.25) is 0 Å². The molecule has 0 saturated carbocycles. The molecule has 2 aromatic carbocycles. The number of para-hydroxylation sites is 1. The van der Waals surface area contributed by atoms with E-state index in [2.05, 4.69) is 29.0 Å². The number of rotatable bonds is 10. The first-order valence-electron chi connectivity index (χ1n) is 10.5. The highest BCUT2D eigenvalue weighted by Gasteiger charge is 2.14. The molecule has 0 saturated heterocycles. The number of amides is 1. The van der Waals surface area contributed by atoms with Crippen LogP contribution in [-0.2, 0) is 17.8 Å². The third-order valence-electron chi connectivity index (χ3n) is 5.43. The van der Waals surface area contributed by atoms with Crippen molar-refractivity contribution >= 4 is 16.8 Å². The maximum Gasteiger partial charge on any atom is 0.224 e. The average molecular weight is 412 g/mol. The Morgan fingerprint density at radius 3 is 2.70 bits per heavy atom. The Morgan fingerprint density at radius 2 is 1.93 bits per heavy atom. The van der Waals surface area contributed by atoms with Crippen molar-refractivity contribution in [1.29, 1.82) is 0 Å². The van der Waals surface area contributed by atoms with Gasteiger partial charge in [0.25, 0.3) is 0 Å². The zero-order valence-corrected chi connectivity index (χ0v) is 17.9. The number of halogens is 1. The Kier molecular flexibility index (Phi) is 7.46. The van der Waals surface area contributed by atoms with E-state index in [-0.39, 0.29) is 18.1 Å². The van der Waals surface area contributed by atoms with E-state index in [0.717, 1.165) is 53.1 Å². The van der Waals surface area contributed by atoms with Crippen LogP contribution in [0.4, 0.5) is 4.39 Å². The van der Waals surface area contributed by atoms with Crippen LogP contribution in [0.1, 0.15) is 30.7 Å². The molecule has 5 nitrogen and oxygen atoms in total. The number of hydrogen-bond donors (Lipinski definition) is 2. The Balaban J connectivity index is 1.60. The fraction of sp³-hybridized carbons (Fsp3) is 0.375. The van der Waals surface area contributed by atoms with Crippen LogP contribution in [0, 0.1) is 12.7 Å². The Hall–Kier alpha value is -2.86. The molecule has 1 heterocycles. The maximum atomic E-state index is 13.6. The molecule has 0 aliphatic carbocycles. The molecule has 0 radical (unpaired) electrons. The number of ether oxygens (including phenoxy) is 1. The predicted molar refractivity (Wildman–Crippen MR) is 118 cm³/mol. The largest absolute Gasteiger partial charge is 0.492 e. The first-order chi connectivity index (χ1) is 14.5. The van der Waals surface area contributed by atoms with Crippen molar-refractivity contribution < 1.29 is 13.9 Å². The van der Waals surface area contributed by atoms with Crippen LogP contribution in [-0.4, -0.2) is 42.0 Å². The third-order valence-corrected chi connectivity index (χ3v) is 5.43. The molecule has 0 aliphatic heterocycles. The molecule has 160 valence electrons. The first-order valence-corrected chi connectivity index (χ1v) is 10.5. The summed E-state index contributed by atoms with van der Waals surface area (Å²) in [4.78, 5) is 18.1. The summed E-state index contributed by atoms with van der Waals surface area (Å²) >= 11 is 0. The second kappa shape index (κ2) is 10.3. The minimum absolute atomic E-state index is 0.110. The normalized spacial score (nSPS) is 11.2. The molecule has 0 fully saturated rings. The molecule has 6 heteroatoms. The highest BCUT2D eigenvalue weighted by atomic mass is 19.1. The third kappa shape index (κ3) is 5.39. The lowest BCUT2D eigenvalue weighted by Gasteiger charge is -2.19. The van der Waals surface area contributed by atoms with E-state index >= 15 is 0 Å². The van der Waals surface area contributed by atoms with Gasteiger partial charge < -0.3 is 19.9 Å². The Labute approximate surface area is 177 Å². The number of aryl methyl sites for hydroxylation is 1. The van der Waals surface area contributed by atoms with Crippen molar-refractivity contribution in [1.82, 2.24) is 15.2 Å². The second-order valence-electron chi connectivity index (χ2n) is 7.36. The zero-order chi connectivity index (χ0) is 21.5. The molecule has 3 aromatic rings. The lowest BCUT2D eigenvalue weighted by molar-refractivity contribution is -0.120. The molecule has 30 heavy (non-hydrogen) atoms. The molecule has 3 rings (SSSR count). The summed E-state index contributed by atoms with van der Waals surface area (Å²) in [5.74, 6) is 0.371. The van der Waals surface area contributed by atoms with Crippen LogP contribution in [0.5, 0.6) is 5.75 Å². The van der Waals surface area contributed by atoms with E-state index < -0.39 is 0 Å². The topological polar surface area (TPSA) is 57.4 Å². The number of H-pyrrole nitrogens is 1. The maximum absolute atomic E-state index is 13.6. The summed E-state index contributed by atoms with van der Waals surface area (Å²) in [6, 6.07) is 12.3. The van der Waals surface area contributed by atoms with Crippen molar-refractivity contribution in [2.75, 3.05) is 26.2 Å². The van der Waals surface area contributed by atoms with Gasteiger partial charge in [0.05, 0.1) is 6.42 Å². The van der Waals surface area contributed by atoms with Crippen LogP contribution in [0.25, 0.3) is 10.9 Å². The van der Waals surface area contributed by atoms with Gasteiger partial charge in [0.2, 0.25) is 5.91 Å². The quantitative estimate of drug-likeness (QED) is 0.526. The van der Waals surface area contributed by atoms with Crippen molar-refractivity contribution in [2.45, 2.75) is 33.7 Å². The molecular formula is C24H30FN3O2. The number of likely N-dealkylation sites (N-methyl/N-ethyl adjacent to an activating group) is 1. The van der Waals surface area contributed by atoms with Crippen LogP contribution < -0.4 is 10.1 Å². The number of nitrogens with zero attached hydrogens (tertiary/aromatic N) is 1. The van der Waals surface area contributed by atoms with Gasteiger partial charge in [-0.2, -0.15) is 0 Å². The molecular weight excluding hydrogens is 381 g/mol. The Bertz CT molecular complexity index is 995. The number of aromatic nitrogens is 1. The van der Waals surface area contributed by atoms with Gasteiger partial charge in [-0.1, -0.05) is 32.0 Å². The number of fused-ring (bicyclic) bond motifs is 1. The molecule has 0 spiro atoms. The van der Waals surface area contributed by atoms with E-state index in [9.17, 15) is 9.18 Å². The van der Waals surface area contributed by atoms with Gasteiger partial charge in [0, 0.05) is 35.2 Å². The highest BCUT2D eigenvalue weighted by molar-refractivity contribution is 5.90. The predicted octanol–water partition coefficient (Wildman–Crippen LogP) is 4.19. The zero-order valence-electron chi connectivity index (χ0n) is 17.9. The Morgan fingerprint density at radius 1 is 1.17 bits per heavy atom. The lowest BCUT2D eigenvalue weighted by atomic mass is 10.1. The molecule has 0 unspecified atom stereocenters. The summed E-state index contributed by atoms with van der Waals surface area (Å²) in [5, 5.41) is 3.72. The van der Waals surface area contributed by atoms with Gasteiger partial charge in [-0.15, -0.1) is 0 Å². The summed E-state index contributed by atoms with van der Waals surface area (Å²) in [5.41, 5.74) is 3.48. The molecule has 0 bridgehead atoms. The van der Waals surface area contributed by atoms with E-state index in [1.807, 2.05) is 31.2 Å². The van der Waals surface area contributed by atoms with Gasteiger partial charge in [-0.25, -0.2) is 4.39 Å². The van der Waals surface area contributed by atoms with Gasteiger partial charge in [-0.3, -0.25) is 4.79 Å². The molecule has 2 N–H and O–H groups in total. The SMILES string of the molecule is CCN(CC)CCOc1ccccc1CNC(=O)Cc1c(C)[nH]c2ccc(F)cc12. The number of nitrogens with one attached hydrogen (secondary N) is 2. The van der Waals surface area contributed by atoms with E-state index in [1.54, 1.807) is 6.07 Å². The van der Waals surface area contributed by atoms with Gasteiger partial charge in [0.1, 0.15) is 18.2 Å². The molecule has 1 aromatic heterocycles. The van der Waals surface area contributed by atoms with Crippen molar-refractivity contribution in [2.24, 2.45) is 0 Å². The number of carbonyl (C=O) groups excluding carboxylic acids is 1. The minimum Gasteiger partial charge on any atom is -0.492 e. The fourth-order valence-corrected chi connectivity index (χ4v) is 3.61. The van der Waals surface area contributed by atoms with Crippen LogP contribution in [0.3, 0.4) is 0 Å².